The fourth-order valence-corrected chi connectivity index (χ4v) is 5.65. The van der Waals surface area contributed by atoms with Crippen molar-refractivity contribution in [1.82, 2.24) is 14.8 Å². The SMILES string of the molecule is Cc1nccc2c1C=CCC2.Cc1nn(C)c(C)c1CC(=O)Cc1cccc(C2CCCCCC2)c1.[HH].[HH].[HH]. The van der Waals surface area contributed by atoms with Crippen LogP contribution in [0.15, 0.2) is 42.6 Å². The van der Waals surface area contributed by atoms with E-state index in [9.17, 15) is 4.79 Å². The first-order valence-electron chi connectivity index (χ1n) is 13.6. The lowest BCUT2D eigenvalue weighted by molar-refractivity contribution is -0.117. The molecule has 0 saturated heterocycles. The molecular formula is C32H47N3O. The van der Waals surface area contributed by atoms with Gasteiger partial charge in [-0.1, -0.05) is 62.1 Å². The van der Waals surface area contributed by atoms with Crippen molar-refractivity contribution >= 4 is 11.9 Å². The summed E-state index contributed by atoms with van der Waals surface area (Å²) >= 11 is 0. The summed E-state index contributed by atoms with van der Waals surface area (Å²) in [5.41, 5.74) is 9.68. The Hall–Kier alpha value is -3.01. The van der Waals surface area contributed by atoms with Crippen LogP contribution in [-0.2, 0) is 31.1 Å². The molecule has 36 heavy (non-hydrogen) atoms. The Balaban J connectivity index is 0.000000460. The van der Waals surface area contributed by atoms with E-state index in [1.807, 2.05) is 31.8 Å². The van der Waals surface area contributed by atoms with Gasteiger partial charge in [-0.3, -0.25) is 14.5 Å². The van der Waals surface area contributed by atoms with Crippen molar-refractivity contribution in [2.45, 2.75) is 90.9 Å². The number of carbonyl (C=O) groups excluding carboxylic acids is 1. The Morgan fingerprint density at radius 2 is 1.81 bits per heavy atom. The molecule has 0 radical (unpaired) electrons. The number of allylic oxidation sites excluding steroid dienone is 1. The van der Waals surface area contributed by atoms with Gasteiger partial charge in [0.25, 0.3) is 0 Å². The zero-order valence-corrected chi connectivity index (χ0v) is 22.5. The van der Waals surface area contributed by atoms with Gasteiger partial charge in [-0.25, -0.2) is 0 Å². The normalized spacial score (nSPS) is 15.6. The molecule has 0 atom stereocenters. The molecule has 1 saturated carbocycles. The van der Waals surface area contributed by atoms with Gasteiger partial charge in [-0.15, -0.1) is 0 Å². The number of aryl methyl sites for hydroxylation is 4. The second-order valence-electron chi connectivity index (χ2n) is 10.5. The highest BCUT2D eigenvalue weighted by Crippen LogP contribution is 2.32. The number of pyridine rings is 1. The Bertz CT molecular complexity index is 1230. The summed E-state index contributed by atoms with van der Waals surface area (Å²) in [7, 11) is 1.94. The first kappa shape index (κ1) is 26.1. The third-order valence-electron chi connectivity index (χ3n) is 7.86. The molecule has 0 amide bonds. The summed E-state index contributed by atoms with van der Waals surface area (Å²) in [5, 5.41) is 4.42. The van der Waals surface area contributed by atoms with Crippen molar-refractivity contribution in [2.75, 3.05) is 0 Å². The Morgan fingerprint density at radius 1 is 1.03 bits per heavy atom. The maximum Gasteiger partial charge on any atom is 0.141 e. The molecule has 1 fully saturated rings. The topological polar surface area (TPSA) is 47.8 Å². The molecule has 4 heteroatoms. The molecule has 0 N–H and O–H groups in total. The number of Topliss-reactive ketones (excluding diaryl/α,β-unsaturated/α-hetero) is 1. The minimum absolute atomic E-state index is 0. The van der Waals surface area contributed by atoms with Gasteiger partial charge in [0.1, 0.15) is 5.78 Å². The van der Waals surface area contributed by atoms with Crippen molar-refractivity contribution in [1.29, 1.82) is 0 Å². The van der Waals surface area contributed by atoms with Crippen molar-refractivity contribution in [3.63, 3.8) is 0 Å². The van der Waals surface area contributed by atoms with Crippen molar-refractivity contribution in [3.05, 3.63) is 87.5 Å². The molecule has 5 rings (SSSR count). The molecule has 2 aliphatic rings. The molecule has 0 unspecified atom stereocenters. The van der Waals surface area contributed by atoms with Gasteiger partial charge in [0.2, 0.25) is 0 Å². The van der Waals surface area contributed by atoms with Crippen LogP contribution in [0.25, 0.3) is 6.08 Å². The molecule has 0 bridgehead atoms. The second-order valence-corrected chi connectivity index (χ2v) is 10.5. The minimum Gasteiger partial charge on any atom is -0.299 e. The van der Waals surface area contributed by atoms with E-state index >= 15 is 0 Å². The third-order valence-corrected chi connectivity index (χ3v) is 7.86. The number of rotatable bonds is 5. The molecule has 196 valence electrons. The Kier molecular flexibility index (Phi) is 8.90. The quantitative estimate of drug-likeness (QED) is 0.342. The number of aromatic nitrogens is 3. The number of fused-ring (bicyclic) bond motifs is 1. The average molecular weight is 490 g/mol. The smallest absolute Gasteiger partial charge is 0.141 e. The summed E-state index contributed by atoms with van der Waals surface area (Å²) in [5.74, 6) is 0.956. The largest absolute Gasteiger partial charge is 0.299 e. The zero-order valence-electron chi connectivity index (χ0n) is 22.5. The van der Waals surface area contributed by atoms with Gasteiger partial charge in [-0.2, -0.15) is 5.10 Å². The molecule has 1 aromatic carbocycles. The second kappa shape index (κ2) is 12.3. The lowest BCUT2D eigenvalue weighted by Gasteiger charge is -2.15. The van der Waals surface area contributed by atoms with Crippen LogP contribution in [0.4, 0.5) is 0 Å². The van der Waals surface area contributed by atoms with Crippen molar-refractivity contribution in [3.8, 4) is 0 Å². The molecule has 0 spiro atoms. The van der Waals surface area contributed by atoms with E-state index in [1.165, 1.54) is 68.1 Å². The highest BCUT2D eigenvalue weighted by atomic mass is 16.1. The first-order valence-corrected chi connectivity index (χ1v) is 13.6. The summed E-state index contributed by atoms with van der Waals surface area (Å²) in [6.45, 7) is 6.09. The van der Waals surface area contributed by atoms with Crippen LogP contribution >= 0.6 is 0 Å². The fourth-order valence-electron chi connectivity index (χ4n) is 5.65. The van der Waals surface area contributed by atoms with E-state index in [4.69, 9.17) is 0 Å². The standard InChI is InChI=1S/C22H30N2O.C10H11N.3H2/c1-16-22(17(2)24(3)23-16)15-21(25)14-18-9-8-12-20(13-18)19-10-6-4-5-7-11-19;1-8-10-5-3-2-4-9(10)6-7-11-8;;;/h8-9,12-13,19H,4-7,10-11,14-15H2,1-3H3;3,5-7H,2,4H2,1H3;3*1H. The van der Waals surface area contributed by atoms with Crippen LogP contribution in [-0.4, -0.2) is 20.5 Å². The van der Waals surface area contributed by atoms with Crippen LogP contribution < -0.4 is 0 Å². The number of hydrogen-bond donors (Lipinski definition) is 0. The summed E-state index contributed by atoms with van der Waals surface area (Å²) in [6.07, 6.45) is 17.7. The van der Waals surface area contributed by atoms with Crippen LogP contribution in [0.3, 0.4) is 0 Å². The fraction of sp³-hybridized carbons (Fsp3) is 0.469. The number of nitrogens with zero attached hydrogens (tertiary/aromatic N) is 3. The Morgan fingerprint density at radius 3 is 2.50 bits per heavy atom. The van der Waals surface area contributed by atoms with Crippen LogP contribution in [0, 0.1) is 20.8 Å². The van der Waals surface area contributed by atoms with E-state index in [0.717, 1.165) is 28.2 Å². The minimum atomic E-state index is 0. The molecule has 2 aromatic heterocycles. The molecule has 3 aromatic rings. The average Bonchev–Trinajstić information content (AvgIpc) is 3.07. The maximum atomic E-state index is 12.6. The number of hydrogen-bond acceptors (Lipinski definition) is 3. The van der Waals surface area contributed by atoms with Crippen LogP contribution in [0.2, 0.25) is 0 Å². The van der Waals surface area contributed by atoms with E-state index < -0.39 is 0 Å². The highest BCUT2D eigenvalue weighted by Gasteiger charge is 2.17. The van der Waals surface area contributed by atoms with Gasteiger partial charge < -0.3 is 0 Å². The van der Waals surface area contributed by atoms with Crippen LogP contribution in [0.5, 0.6) is 0 Å². The van der Waals surface area contributed by atoms with Gasteiger partial charge in [0.15, 0.2) is 0 Å². The monoisotopic (exact) mass is 489 g/mol. The molecular weight excluding hydrogens is 442 g/mol. The van der Waals surface area contributed by atoms with E-state index in [0.29, 0.717) is 18.8 Å². The molecule has 0 aliphatic heterocycles. The summed E-state index contributed by atoms with van der Waals surface area (Å²) in [6, 6.07) is 10.9. The summed E-state index contributed by atoms with van der Waals surface area (Å²) < 4.78 is 1.87. The highest BCUT2D eigenvalue weighted by molar-refractivity contribution is 5.83. The summed E-state index contributed by atoms with van der Waals surface area (Å²) in [4.78, 5) is 16.8. The predicted molar refractivity (Wildman–Crippen MR) is 155 cm³/mol. The molecule has 2 aliphatic carbocycles. The molecule has 4 nitrogen and oxygen atoms in total. The lowest BCUT2D eigenvalue weighted by atomic mass is 9.90. The van der Waals surface area contributed by atoms with E-state index in [2.05, 4.69) is 59.5 Å². The first-order chi connectivity index (χ1) is 17.4. The van der Waals surface area contributed by atoms with Gasteiger partial charge in [-0.05, 0) is 80.7 Å². The molecule has 2 heterocycles. The number of carbonyl (C=O) groups is 1. The van der Waals surface area contributed by atoms with Crippen molar-refractivity contribution < 1.29 is 9.07 Å². The van der Waals surface area contributed by atoms with E-state index in [1.54, 1.807) is 0 Å². The van der Waals surface area contributed by atoms with Crippen molar-refractivity contribution in [2.24, 2.45) is 7.05 Å². The maximum absolute atomic E-state index is 12.6. The predicted octanol–water partition coefficient (Wildman–Crippen LogP) is 7.92. The number of ketones is 1. The van der Waals surface area contributed by atoms with E-state index in [-0.39, 0.29) is 10.1 Å². The van der Waals surface area contributed by atoms with Gasteiger partial charge in [0.05, 0.1) is 5.69 Å². The lowest BCUT2D eigenvalue weighted by Crippen LogP contribution is -2.09. The Labute approximate surface area is 221 Å². The van der Waals surface area contributed by atoms with Gasteiger partial charge in [0, 0.05) is 47.3 Å². The number of benzene rings is 1. The zero-order chi connectivity index (χ0) is 25.5. The van der Waals surface area contributed by atoms with Gasteiger partial charge >= 0.3 is 0 Å². The third kappa shape index (κ3) is 6.60. The van der Waals surface area contributed by atoms with Crippen LogP contribution in [0.1, 0.15) is 100 Å².